The van der Waals surface area contributed by atoms with Gasteiger partial charge in [0.05, 0.1) is 5.69 Å². The number of benzene rings is 1. The minimum Gasteiger partial charge on any atom is -0.351 e. The van der Waals surface area contributed by atoms with Crippen LogP contribution in [0.1, 0.15) is 38.6 Å². The molecule has 1 aliphatic rings. The number of hydrogen-bond acceptors (Lipinski definition) is 4. The quantitative estimate of drug-likeness (QED) is 0.891. The maximum Gasteiger partial charge on any atom is 0.263 e. The molecule has 0 atom stereocenters. The van der Waals surface area contributed by atoms with Crippen molar-refractivity contribution in [1.82, 2.24) is 10.3 Å². The predicted molar refractivity (Wildman–Crippen MR) is 86.3 cm³/mol. The molecule has 2 amide bonds. The highest BCUT2D eigenvalue weighted by atomic mass is 32.1. The standard InChI is InChI=1S/C16H17N3O2S/c1-10-13(15(21)17-9-11-7-8-11)22-16(18-10)19-14(20)12-5-3-2-4-6-12/h2-6,11H,7-9H2,1H3,(H,17,21)(H,18,19,20). The van der Waals surface area contributed by atoms with E-state index in [4.69, 9.17) is 0 Å². The molecule has 1 heterocycles. The summed E-state index contributed by atoms with van der Waals surface area (Å²) in [6, 6.07) is 8.93. The number of nitrogens with zero attached hydrogens (tertiary/aromatic N) is 1. The van der Waals surface area contributed by atoms with Crippen LogP contribution in [-0.4, -0.2) is 23.3 Å². The summed E-state index contributed by atoms with van der Waals surface area (Å²) in [5.74, 6) is 0.302. The monoisotopic (exact) mass is 315 g/mol. The first-order valence-electron chi connectivity index (χ1n) is 7.25. The van der Waals surface area contributed by atoms with Crippen LogP contribution in [0.2, 0.25) is 0 Å². The van der Waals surface area contributed by atoms with Gasteiger partial charge < -0.3 is 5.32 Å². The number of nitrogens with one attached hydrogen (secondary N) is 2. The minimum atomic E-state index is -0.223. The zero-order valence-electron chi connectivity index (χ0n) is 12.3. The summed E-state index contributed by atoms with van der Waals surface area (Å²) >= 11 is 1.21. The molecule has 2 N–H and O–H groups in total. The first-order valence-corrected chi connectivity index (χ1v) is 8.07. The first-order chi connectivity index (χ1) is 10.6. The number of amides is 2. The van der Waals surface area contributed by atoms with Gasteiger partial charge in [0.15, 0.2) is 5.13 Å². The molecule has 0 radical (unpaired) electrons. The van der Waals surface area contributed by atoms with E-state index in [0.29, 0.717) is 27.2 Å². The zero-order chi connectivity index (χ0) is 15.5. The molecule has 1 aromatic heterocycles. The van der Waals surface area contributed by atoms with Crippen LogP contribution in [-0.2, 0) is 0 Å². The highest BCUT2D eigenvalue weighted by molar-refractivity contribution is 7.17. The molecule has 2 aromatic rings. The Balaban J connectivity index is 1.66. The van der Waals surface area contributed by atoms with Crippen molar-refractivity contribution >= 4 is 28.3 Å². The summed E-state index contributed by atoms with van der Waals surface area (Å²) in [6.07, 6.45) is 2.39. The maximum atomic E-state index is 12.1. The van der Waals surface area contributed by atoms with Crippen molar-refractivity contribution in [2.24, 2.45) is 5.92 Å². The van der Waals surface area contributed by atoms with Gasteiger partial charge in [-0.25, -0.2) is 4.98 Å². The van der Waals surface area contributed by atoms with Crippen molar-refractivity contribution in [2.75, 3.05) is 11.9 Å². The molecule has 1 fully saturated rings. The molecule has 6 heteroatoms. The van der Waals surface area contributed by atoms with Crippen LogP contribution < -0.4 is 10.6 Å². The van der Waals surface area contributed by atoms with Crippen LogP contribution in [0, 0.1) is 12.8 Å². The average Bonchev–Trinajstić information content (AvgIpc) is 3.28. The fraction of sp³-hybridized carbons (Fsp3) is 0.312. The second-order valence-electron chi connectivity index (χ2n) is 5.41. The Morgan fingerprint density at radius 3 is 2.64 bits per heavy atom. The molecule has 1 aliphatic carbocycles. The van der Waals surface area contributed by atoms with Crippen molar-refractivity contribution < 1.29 is 9.59 Å². The van der Waals surface area contributed by atoms with Crippen molar-refractivity contribution in [3.63, 3.8) is 0 Å². The second kappa shape index (κ2) is 6.27. The smallest absolute Gasteiger partial charge is 0.263 e. The lowest BCUT2D eigenvalue weighted by atomic mass is 10.2. The van der Waals surface area contributed by atoms with Gasteiger partial charge in [-0.3, -0.25) is 14.9 Å². The van der Waals surface area contributed by atoms with E-state index in [1.807, 2.05) is 6.07 Å². The highest BCUT2D eigenvalue weighted by Gasteiger charge is 2.23. The van der Waals surface area contributed by atoms with Crippen molar-refractivity contribution in [2.45, 2.75) is 19.8 Å². The van der Waals surface area contributed by atoms with Gasteiger partial charge in [-0.15, -0.1) is 0 Å². The molecule has 5 nitrogen and oxygen atoms in total. The second-order valence-corrected chi connectivity index (χ2v) is 6.41. The van der Waals surface area contributed by atoms with Crippen LogP contribution in [0.25, 0.3) is 0 Å². The Bertz CT molecular complexity index is 693. The molecule has 1 aromatic carbocycles. The van der Waals surface area contributed by atoms with Gasteiger partial charge in [-0.2, -0.15) is 0 Å². The van der Waals surface area contributed by atoms with E-state index in [1.54, 1.807) is 31.2 Å². The maximum absolute atomic E-state index is 12.1. The van der Waals surface area contributed by atoms with Crippen LogP contribution in [0.3, 0.4) is 0 Å². The van der Waals surface area contributed by atoms with E-state index in [2.05, 4.69) is 15.6 Å². The van der Waals surface area contributed by atoms with E-state index in [1.165, 1.54) is 24.2 Å². The van der Waals surface area contributed by atoms with Gasteiger partial charge in [0, 0.05) is 12.1 Å². The van der Waals surface area contributed by atoms with Crippen molar-refractivity contribution in [1.29, 1.82) is 0 Å². The normalized spacial score (nSPS) is 13.7. The number of rotatable bonds is 5. The van der Waals surface area contributed by atoms with E-state index in [9.17, 15) is 9.59 Å². The molecular formula is C16H17N3O2S. The zero-order valence-corrected chi connectivity index (χ0v) is 13.1. The topological polar surface area (TPSA) is 71.1 Å². The largest absolute Gasteiger partial charge is 0.351 e. The van der Waals surface area contributed by atoms with Gasteiger partial charge in [0.2, 0.25) is 0 Å². The Hall–Kier alpha value is -2.21. The van der Waals surface area contributed by atoms with Gasteiger partial charge in [0.1, 0.15) is 4.88 Å². The Kier molecular flexibility index (Phi) is 4.20. The summed E-state index contributed by atoms with van der Waals surface area (Å²) in [5.41, 5.74) is 1.21. The molecule has 114 valence electrons. The Labute approximate surface area is 132 Å². The number of carbonyl (C=O) groups is 2. The Morgan fingerprint density at radius 1 is 1.23 bits per heavy atom. The highest BCUT2D eigenvalue weighted by Crippen LogP contribution is 2.28. The third-order valence-corrected chi connectivity index (χ3v) is 4.58. The SMILES string of the molecule is Cc1nc(NC(=O)c2ccccc2)sc1C(=O)NCC1CC1. The molecule has 0 saturated heterocycles. The van der Waals surface area contributed by atoms with Gasteiger partial charge in [-0.05, 0) is 37.8 Å². The summed E-state index contributed by atoms with van der Waals surface area (Å²) in [4.78, 5) is 29.0. The molecule has 1 saturated carbocycles. The van der Waals surface area contributed by atoms with Gasteiger partial charge >= 0.3 is 0 Å². The number of anilines is 1. The number of aryl methyl sites for hydroxylation is 1. The number of carbonyl (C=O) groups excluding carboxylic acids is 2. The minimum absolute atomic E-state index is 0.109. The number of aromatic nitrogens is 1. The van der Waals surface area contributed by atoms with Crippen LogP contribution in [0.15, 0.2) is 30.3 Å². The van der Waals surface area contributed by atoms with Gasteiger partial charge in [0.25, 0.3) is 11.8 Å². The number of thiazole rings is 1. The van der Waals surface area contributed by atoms with Gasteiger partial charge in [-0.1, -0.05) is 29.5 Å². The molecule has 0 unspecified atom stereocenters. The van der Waals surface area contributed by atoms with Crippen LogP contribution >= 0.6 is 11.3 Å². The lowest BCUT2D eigenvalue weighted by Crippen LogP contribution is -2.25. The fourth-order valence-electron chi connectivity index (χ4n) is 2.06. The third-order valence-electron chi connectivity index (χ3n) is 3.51. The number of hydrogen-bond donors (Lipinski definition) is 2. The summed E-state index contributed by atoms with van der Waals surface area (Å²) < 4.78 is 0. The first kappa shape index (κ1) is 14.7. The van der Waals surface area contributed by atoms with Crippen LogP contribution in [0.4, 0.5) is 5.13 Å². The summed E-state index contributed by atoms with van der Waals surface area (Å²) in [7, 11) is 0. The molecule has 22 heavy (non-hydrogen) atoms. The van der Waals surface area contributed by atoms with E-state index >= 15 is 0 Å². The fourth-order valence-corrected chi connectivity index (χ4v) is 2.94. The van der Waals surface area contributed by atoms with E-state index in [-0.39, 0.29) is 11.8 Å². The lowest BCUT2D eigenvalue weighted by Gasteiger charge is -2.01. The summed E-state index contributed by atoms with van der Waals surface area (Å²) in [6.45, 7) is 2.50. The average molecular weight is 315 g/mol. The molecule has 3 rings (SSSR count). The van der Waals surface area contributed by atoms with Crippen molar-refractivity contribution in [3.8, 4) is 0 Å². The molecule has 0 bridgehead atoms. The molecular weight excluding hydrogens is 298 g/mol. The van der Waals surface area contributed by atoms with Crippen LogP contribution in [0.5, 0.6) is 0 Å². The predicted octanol–water partition coefficient (Wildman–Crippen LogP) is 2.84. The van der Waals surface area contributed by atoms with E-state index in [0.717, 1.165) is 6.54 Å². The summed E-state index contributed by atoms with van der Waals surface area (Å²) in [5, 5.41) is 6.11. The third kappa shape index (κ3) is 3.51. The van der Waals surface area contributed by atoms with E-state index < -0.39 is 0 Å². The molecule has 0 spiro atoms. The Morgan fingerprint density at radius 2 is 1.95 bits per heavy atom. The lowest BCUT2D eigenvalue weighted by molar-refractivity contribution is 0.0954. The van der Waals surface area contributed by atoms with Crippen molar-refractivity contribution in [3.05, 3.63) is 46.5 Å². The molecule has 0 aliphatic heterocycles.